The molecule has 1 saturated heterocycles. The molecule has 2 aromatic rings. The summed E-state index contributed by atoms with van der Waals surface area (Å²) >= 11 is 0. The van der Waals surface area contributed by atoms with Crippen molar-refractivity contribution >= 4 is 23.4 Å². The fourth-order valence-electron chi connectivity index (χ4n) is 8.54. The lowest BCUT2D eigenvalue weighted by Gasteiger charge is -3.07. The van der Waals surface area contributed by atoms with Crippen molar-refractivity contribution in [1.82, 2.24) is 4.57 Å². The van der Waals surface area contributed by atoms with E-state index in [-0.39, 0.29) is 22.3 Å². The third-order valence-corrected chi connectivity index (χ3v) is 10.3. The summed E-state index contributed by atoms with van der Waals surface area (Å²) in [5.74, 6) is 6.43. The molecule has 2 heterocycles. The summed E-state index contributed by atoms with van der Waals surface area (Å²) in [5, 5.41) is 1.82. The van der Waals surface area contributed by atoms with E-state index in [1.54, 1.807) is 0 Å². The Morgan fingerprint density at radius 1 is 0.893 bits per heavy atom. The number of hydrogen-bond donors (Lipinski definition) is 0. The number of nitrogens with zero attached hydrogens (tertiary/aromatic N) is 1. The maximum Gasteiger partial charge on any atom is 0.494 e. The van der Waals surface area contributed by atoms with Gasteiger partial charge < -0.3 is 13.9 Å². The van der Waals surface area contributed by atoms with E-state index in [4.69, 9.17) is 9.31 Å². The quantitative estimate of drug-likeness (QED) is 0.759. The number of rotatable bonds is 2. The second-order valence-electron chi connectivity index (χ2n) is 11.2. The van der Waals surface area contributed by atoms with Crippen molar-refractivity contribution in [2.24, 2.45) is 41.4 Å². The topological polar surface area (TPSA) is 40.5 Å². The van der Waals surface area contributed by atoms with Gasteiger partial charge in [-0.1, -0.05) is 12.1 Å². The van der Waals surface area contributed by atoms with Crippen LogP contribution >= 0.6 is 0 Å². The van der Waals surface area contributed by atoms with Gasteiger partial charge in [0.25, 0.3) is 5.56 Å². The van der Waals surface area contributed by atoms with Gasteiger partial charge in [-0.15, -0.1) is 0 Å². The van der Waals surface area contributed by atoms with Gasteiger partial charge in [0.1, 0.15) is 0 Å². The van der Waals surface area contributed by atoms with E-state index in [0.29, 0.717) is 0 Å². The van der Waals surface area contributed by atoms with Crippen LogP contribution in [0.5, 0.6) is 0 Å². The van der Waals surface area contributed by atoms with Gasteiger partial charge in [0.15, 0.2) is 0 Å². The van der Waals surface area contributed by atoms with Gasteiger partial charge in [0, 0.05) is 11.6 Å². The molecule has 4 nitrogen and oxygen atoms in total. The molecule has 6 aliphatic carbocycles. The van der Waals surface area contributed by atoms with Gasteiger partial charge in [-0.3, -0.25) is 4.79 Å². The third kappa shape index (κ3) is 1.16. The van der Waals surface area contributed by atoms with Crippen molar-refractivity contribution < 1.29 is 9.31 Å². The molecule has 1 aliphatic heterocycles. The van der Waals surface area contributed by atoms with Crippen LogP contribution in [0.3, 0.4) is 0 Å². The smallest absolute Gasteiger partial charge is 0.399 e. The molecule has 28 heavy (non-hydrogen) atoms. The first kappa shape index (κ1) is 15.3. The van der Waals surface area contributed by atoms with Crippen LogP contribution in [-0.4, -0.2) is 22.9 Å². The van der Waals surface area contributed by atoms with Crippen LogP contribution in [0.15, 0.2) is 35.3 Å². The standard InChI is InChI=1S/C23H24BNO3/c1-21(2)22(3,4)28-24(27-21)11-6-5-10-7-8-25(20(26)12(10)9-11)23-17-14-13-15(17)19(23)16(13)18(14)23/h5-9,13-19H,1-4H3. The Bertz CT molecular complexity index is 1110. The highest BCUT2D eigenvalue weighted by atomic mass is 16.7. The number of benzene rings is 1. The fraction of sp³-hybridized carbons (Fsp3) is 0.609. The van der Waals surface area contributed by atoms with E-state index in [1.165, 1.54) is 0 Å². The number of hydrogen-bond acceptors (Lipinski definition) is 3. The van der Waals surface area contributed by atoms with Crippen LogP contribution in [0.1, 0.15) is 27.7 Å². The molecule has 7 aliphatic rings. The summed E-state index contributed by atoms with van der Waals surface area (Å²) in [6.07, 6.45) is 2.08. The third-order valence-electron chi connectivity index (χ3n) is 10.3. The van der Waals surface area contributed by atoms with Crippen LogP contribution in [0.2, 0.25) is 0 Å². The summed E-state index contributed by atoms with van der Waals surface area (Å²) in [7, 11) is -0.425. The summed E-state index contributed by atoms with van der Waals surface area (Å²) in [6, 6.07) is 8.23. The van der Waals surface area contributed by atoms with Crippen molar-refractivity contribution in [3.8, 4) is 0 Å². The molecule has 0 radical (unpaired) electrons. The molecule has 142 valence electrons. The second-order valence-corrected chi connectivity index (χ2v) is 11.2. The first-order valence-corrected chi connectivity index (χ1v) is 10.8. The summed E-state index contributed by atoms with van der Waals surface area (Å²) in [5.41, 5.74) is 0.582. The highest BCUT2D eigenvalue weighted by Crippen LogP contribution is 3.04. The van der Waals surface area contributed by atoms with Crippen LogP contribution in [0.25, 0.3) is 10.8 Å². The Labute approximate surface area is 164 Å². The maximum absolute atomic E-state index is 13.5. The van der Waals surface area contributed by atoms with Crippen molar-refractivity contribution in [2.75, 3.05) is 0 Å². The van der Waals surface area contributed by atoms with Gasteiger partial charge >= 0.3 is 7.12 Å². The largest absolute Gasteiger partial charge is 0.494 e. The lowest BCUT2D eigenvalue weighted by atomic mass is 8.98. The van der Waals surface area contributed by atoms with E-state index in [9.17, 15) is 4.79 Å². The Balaban J connectivity index is 1.24. The molecule has 1 aromatic carbocycles. The molecule has 0 amide bonds. The lowest BCUT2D eigenvalue weighted by molar-refractivity contribution is -0.601. The van der Waals surface area contributed by atoms with Crippen molar-refractivity contribution in [2.45, 2.75) is 44.4 Å². The van der Waals surface area contributed by atoms with Crippen molar-refractivity contribution in [3.05, 3.63) is 40.8 Å². The Kier molecular flexibility index (Phi) is 2.12. The molecule has 5 heteroatoms. The van der Waals surface area contributed by atoms with E-state index in [1.807, 2.05) is 18.2 Å². The first-order chi connectivity index (χ1) is 13.3. The molecule has 0 bridgehead atoms. The zero-order valence-corrected chi connectivity index (χ0v) is 16.7. The predicted octanol–water partition coefficient (Wildman–Crippen LogP) is 2.38. The van der Waals surface area contributed by atoms with Crippen molar-refractivity contribution in [1.29, 1.82) is 0 Å². The molecule has 0 N–H and O–H groups in total. The van der Waals surface area contributed by atoms with Crippen LogP contribution in [-0.2, 0) is 14.8 Å². The molecule has 6 saturated carbocycles. The number of pyridine rings is 1. The second kappa shape index (κ2) is 3.89. The van der Waals surface area contributed by atoms with E-state index in [0.717, 1.165) is 57.7 Å². The Morgan fingerprint density at radius 3 is 2.11 bits per heavy atom. The molecule has 9 rings (SSSR count). The average molecular weight is 373 g/mol. The first-order valence-electron chi connectivity index (χ1n) is 10.8. The predicted molar refractivity (Wildman–Crippen MR) is 106 cm³/mol. The summed E-state index contributed by atoms with van der Waals surface area (Å²) in [6.45, 7) is 8.25. The molecular weight excluding hydrogens is 349 g/mol. The number of aromatic nitrogens is 1. The minimum absolute atomic E-state index is 0.187. The van der Waals surface area contributed by atoms with Crippen LogP contribution in [0.4, 0.5) is 0 Å². The molecule has 0 unspecified atom stereocenters. The monoisotopic (exact) mass is 373 g/mol. The van der Waals surface area contributed by atoms with Gasteiger partial charge in [-0.25, -0.2) is 0 Å². The zero-order valence-electron chi connectivity index (χ0n) is 16.7. The minimum Gasteiger partial charge on any atom is -0.399 e. The molecular formula is C23H24BNO3. The SMILES string of the molecule is CC1(C)OB(c2ccc3ccn(C45C6C7C8C6C4C8C75)c(=O)c3c2)OC1(C)C. The highest BCUT2D eigenvalue weighted by molar-refractivity contribution is 6.62. The highest BCUT2D eigenvalue weighted by Gasteiger charge is 3.05. The van der Waals surface area contributed by atoms with E-state index < -0.39 is 7.12 Å². The van der Waals surface area contributed by atoms with Crippen LogP contribution < -0.4 is 11.0 Å². The van der Waals surface area contributed by atoms with E-state index in [2.05, 4.69) is 44.5 Å². The molecule has 0 atom stereocenters. The van der Waals surface area contributed by atoms with Gasteiger partial charge in [0.2, 0.25) is 0 Å². The average Bonchev–Trinajstić information content (AvgIpc) is 2.89. The molecule has 0 spiro atoms. The fourth-order valence-corrected chi connectivity index (χ4v) is 8.54. The van der Waals surface area contributed by atoms with Gasteiger partial charge in [-0.2, -0.15) is 0 Å². The number of fused-ring (bicyclic) bond motifs is 1. The normalized spacial score (nSPS) is 48.9. The Hall–Kier alpha value is -1.59. The van der Waals surface area contributed by atoms with Crippen LogP contribution in [0, 0.1) is 41.4 Å². The zero-order chi connectivity index (χ0) is 19.0. The van der Waals surface area contributed by atoms with Crippen molar-refractivity contribution in [3.63, 3.8) is 0 Å². The summed E-state index contributed by atoms with van der Waals surface area (Å²) in [4.78, 5) is 13.5. The van der Waals surface area contributed by atoms with E-state index >= 15 is 0 Å². The molecule has 1 aromatic heterocycles. The maximum atomic E-state index is 13.5. The lowest BCUT2D eigenvalue weighted by Crippen LogP contribution is -3.08. The van der Waals surface area contributed by atoms with Gasteiger partial charge in [-0.05, 0) is 92.1 Å². The van der Waals surface area contributed by atoms with Gasteiger partial charge in [0.05, 0.1) is 16.7 Å². The summed E-state index contributed by atoms with van der Waals surface area (Å²) < 4.78 is 14.6. The molecule has 7 fully saturated rings. The Morgan fingerprint density at radius 2 is 1.50 bits per heavy atom. The minimum atomic E-state index is -0.425.